The maximum Gasteiger partial charge on any atom is 0.187 e. The zero-order chi connectivity index (χ0) is 13.9. The number of anilines is 2. The van der Waals surface area contributed by atoms with Crippen molar-refractivity contribution in [3.05, 3.63) is 63.9 Å². The minimum absolute atomic E-state index is 0. The van der Waals surface area contributed by atoms with Crippen LogP contribution in [0.4, 0.5) is 10.8 Å². The maximum atomic E-state index is 4.62. The molecule has 21 heavy (non-hydrogen) atoms. The molecule has 1 heterocycles. The lowest BCUT2D eigenvalue weighted by Crippen LogP contribution is -1.89. The van der Waals surface area contributed by atoms with Crippen LogP contribution >= 0.6 is 44.2 Å². The molecule has 2 aromatic carbocycles. The molecule has 0 unspecified atom stereocenters. The molecule has 0 spiro atoms. The molecule has 0 atom stereocenters. The van der Waals surface area contributed by atoms with Crippen molar-refractivity contribution in [1.29, 1.82) is 0 Å². The van der Waals surface area contributed by atoms with Gasteiger partial charge >= 0.3 is 0 Å². The fraction of sp³-hybridized carbons (Fsp3) is 0.0625. The second kappa shape index (κ2) is 7.20. The van der Waals surface area contributed by atoms with Crippen molar-refractivity contribution >= 4 is 55.1 Å². The molecule has 2 nitrogen and oxygen atoms in total. The maximum absolute atomic E-state index is 4.62. The van der Waals surface area contributed by atoms with E-state index in [9.17, 15) is 0 Å². The first-order valence-corrected chi connectivity index (χ1v) is 7.93. The van der Waals surface area contributed by atoms with E-state index in [1.807, 2.05) is 12.1 Å². The van der Waals surface area contributed by atoms with E-state index >= 15 is 0 Å². The second-order valence-electron chi connectivity index (χ2n) is 4.54. The lowest BCUT2D eigenvalue weighted by molar-refractivity contribution is 1.37. The number of nitrogens with zero attached hydrogens (tertiary/aromatic N) is 1. The van der Waals surface area contributed by atoms with E-state index in [1.54, 1.807) is 11.3 Å². The van der Waals surface area contributed by atoms with Gasteiger partial charge in [-0.1, -0.05) is 45.8 Å². The normalized spacial score (nSPS) is 10.0. The quantitative estimate of drug-likeness (QED) is 0.540. The van der Waals surface area contributed by atoms with Crippen LogP contribution in [0.25, 0.3) is 11.3 Å². The van der Waals surface area contributed by atoms with Crippen molar-refractivity contribution in [1.82, 2.24) is 4.98 Å². The lowest BCUT2D eigenvalue weighted by Gasteiger charge is -2.02. The summed E-state index contributed by atoms with van der Waals surface area (Å²) < 4.78 is 1.08. The van der Waals surface area contributed by atoms with Crippen LogP contribution in [-0.4, -0.2) is 4.98 Å². The van der Waals surface area contributed by atoms with Gasteiger partial charge in [0.05, 0.1) is 5.69 Å². The number of benzene rings is 2. The Labute approximate surface area is 147 Å². The molecule has 1 N–H and O–H groups in total. The number of aromatic nitrogens is 1. The number of nitrogens with one attached hydrogen (secondary N) is 1. The van der Waals surface area contributed by atoms with Crippen LogP contribution in [-0.2, 0) is 0 Å². The number of rotatable bonds is 3. The Hall–Kier alpha value is -1.17. The van der Waals surface area contributed by atoms with Gasteiger partial charge in [0.2, 0.25) is 0 Å². The first-order chi connectivity index (χ1) is 9.70. The van der Waals surface area contributed by atoms with Crippen LogP contribution < -0.4 is 5.32 Å². The first-order valence-electron chi connectivity index (χ1n) is 6.26. The van der Waals surface area contributed by atoms with Crippen LogP contribution in [0.1, 0.15) is 5.56 Å². The van der Waals surface area contributed by atoms with Crippen molar-refractivity contribution in [3.8, 4) is 11.3 Å². The molecule has 0 aliphatic rings. The molecule has 0 aliphatic heterocycles. The number of aryl methyl sites for hydroxylation is 1. The second-order valence-corrected chi connectivity index (χ2v) is 6.31. The Kier molecular flexibility index (Phi) is 5.56. The zero-order valence-electron chi connectivity index (χ0n) is 11.3. The van der Waals surface area contributed by atoms with Crippen LogP contribution in [0, 0.1) is 6.92 Å². The third-order valence-electron chi connectivity index (χ3n) is 2.95. The highest BCUT2D eigenvalue weighted by Crippen LogP contribution is 2.28. The minimum atomic E-state index is 0. The predicted octanol–water partition coefficient (Wildman–Crippen LogP) is 6.20. The molecular formula is C16H14Br2N2S. The Balaban J connectivity index is 0.00000161. The van der Waals surface area contributed by atoms with Crippen LogP contribution in [0.5, 0.6) is 0 Å². The smallest absolute Gasteiger partial charge is 0.187 e. The molecule has 3 aromatic rings. The zero-order valence-corrected chi connectivity index (χ0v) is 15.5. The molecule has 0 bridgehead atoms. The van der Waals surface area contributed by atoms with E-state index in [4.69, 9.17) is 0 Å². The fourth-order valence-electron chi connectivity index (χ4n) is 1.84. The number of halogens is 2. The summed E-state index contributed by atoms with van der Waals surface area (Å²) in [6, 6.07) is 16.5. The molecule has 0 radical (unpaired) electrons. The molecule has 0 saturated heterocycles. The van der Waals surface area contributed by atoms with Crippen molar-refractivity contribution in [2.45, 2.75) is 6.92 Å². The molecule has 0 amide bonds. The summed E-state index contributed by atoms with van der Waals surface area (Å²) >= 11 is 5.06. The Morgan fingerprint density at radius 2 is 1.67 bits per heavy atom. The van der Waals surface area contributed by atoms with Crippen LogP contribution in [0.15, 0.2) is 58.4 Å². The van der Waals surface area contributed by atoms with Gasteiger partial charge in [-0.3, -0.25) is 0 Å². The average molecular weight is 426 g/mol. The predicted molar refractivity (Wildman–Crippen MR) is 100 cm³/mol. The molecule has 0 aliphatic carbocycles. The van der Waals surface area contributed by atoms with Gasteiger partial charge in [-0.15, -0.1) is 28.3 Å². The molecule has 108 valence electrons. The SMILES string of the molecule is Br.Cc1ccc(Nc2nc(-c3ccc(Br)cc3)cs2)cc1. The topological polar surface area (TPSA) is 24.9 Å². The van der Waals surface area contributed by atoms with E-state index in [1.165, 1.54) is 5.56 Å². The Morgan fingerprint density at radius 1 is 1.00 bits per heavy atom. The van der Waals surface area contributed by atoms with E-state index in [-0.39, 0.29) is 17.0 Å². The third-order valence-corrected chi connectivity index (χ3v) is 4.23. The van der Waals surface area contributed by atoms with Crippen molar-refractivity contribution in [3.63, 3.8) is 0 Å². The highest BCUT2D eigenvalue weighted by molar-refractivity contribution is 9.10. The fourth-order valence-corrected chi connectivity index (χ4v) is 2.85. The van der Waals surface area contributed by atoms with E-state index in [2.05, 4.69) is 74.9 Å². The molecular weight excluding hydrogens is 412 g/mol. The molecule has 5 heteroatoms. The minimum Gasteiger partial charge on any atom is -0.332 e. The molecule has 1 aromatic heterocycles. The van der Waals surface area contributed by atoms with Crippen LogP contribution in [0.2, 0.25) is 0 Å². The van der Waals surface area contributed by atoms with Gasteiger partial charge in [-0.05, 0) is 31.2 Å². The summed E-state index contributed by atoms with van der Waals surface area (Å²) in [6.07, 6.45) is 0. The van der Waals surface area contributed by atoms with Gasteiger partial charge in [0.25, 0.3) is 0 Å². The lowest BCUT2D eigenvalue weighted by atomic mass is 10.2. The summed E-state index contributed by atoms with van der Waals surface area (Å²) in [4.78, 5) is 4.62. The summed E-state index contributed by atoms with van der Waals surface area (Å²) in [6.45, 7) is 2.08. The molecule has 3 rings (SSSR count). The first kappa shape index (κ1) is 16.2. The molecule has 0 fully saturated rings. The van der Waals surface area contributed by atoms with E-state index in [0.717, 1.165) is 26.5 Å². The van der Waals surface area contributed by atoms with Gasteiger partial charge in [-0.2, -0.15) is 0 Å². The molecule has 0 saturated carbocycles. The van der Waals surface area contributed by atoms with Gasteiger partial charge in [-0.25, -0.2) is 4.98 Å². The van der Waals surface area contributed by atoms with Crippen molar-refractivity contribution < 1.29 is 0 Å². The number of hydrogen-bond acceptors (Lipinski definition) is 3. The summed E-state index contributed by atoms with van der Waals surface area (Å²) in [7, 11) is 0. The van der Waals surface area contributed by atoms with E-state index < -0.39 is 0 Å². The Morgan fingerprint density at radius 3 is 2.33 bits per heavy atom. The largest absolute Gasteiger partial charge is 0.332 e. The monoisotopic (exact) mass is 424 g/mol. The highest BCUT2D eigenvalue weighted by atomic mass is 79.9. The van der Waals surface area contributed by atoms with Crippen LogP contribution in [0.3, 0.4) is 0 Å². The van der Waals surface area contributed by atoms with Gasteiger partial charge in [0, 0.05) is 21.1 Å². The Bertz CT molecular complexity index is 706. The third kappa shape index (κ3) is 4.15. The van der Waals surface area contributed by atoms with Gasteiger partial charge < -0.3 is 5.32 Å². The standard InChI is InChI=1S/C16H13BrN2S.BrH/c1-11-2-8-14(9-3-11)18-16-19-15(10-20-16)12-4-6-13(17)7-5-12;/h2-10H,1H3,(H,18,19);1H. The summed E-state index contributed by atoms with van der Waals surface area (Å²) in [5.41, 5.74) is 4.44. The highest BCUT2D eigenvalue weighted by Gasteiger charge is 2.04. The summed E-state index contributed by atoms with van der Waals surface area (Å²) in [5.74, 6) is 0. The number of thiazole rings is 1. The summed E-state index contributed by atoms with van der Waals surface area (Å²) in [5, 5.41) is 6.31. The van der Waals surface area contributed by atoms with Gasteiger partial charge in [0.1, 0.15) is 0 Å². The average Bonchev–Trinajstić information content (AvgIpc) is 2.91. The van der Waals surface area contributed by atoms with Crippen molar-refractivity contribution in [2.75, 3.05) is 5.32 Å². The van der Waals surface area contributed by atoms with Crippen molar-refractivity contribution in [2.24, 2.45) is 0 Å². The van der Waals surface area contributed by atoms with E-state index in [0.29, 0.717) is 0 Å². The van der Waals surface area contributed by atoms with Gasteiger partial charge in [0.15, 0.2) is 5.13 Å². The number of hydrogen-bond donors (Lipinski definition) is 1.